The molecular weight excluding hydrogens is 308 g/mol. The van der Waals surface area contributed by atoms with E-state index in [1.165, 1.54) is 0 Å². The molecule has 2 atom stereocenters. The molecule has 0 radical (unpaired) electrons. The molecular formula is C19H28O5. The van der Waals surface area contributed by atoms with Crippen molar-refractivity contribution < 1.29 is 24.2 Å². The molecule has 5 heteroatoms. The topological polar surface area (TPSA) is 72.8 Å². The summed E-state index contributed by atoms with van der Waals surface area (Å²) in [7, 11) is 0. The Morgan fingerprint density at radius 2 is 1.92 bits per heavy atom. The fourth-order valence-corrected chi connectivity index (χ4v) is 2.74. The zero-order chi connectivity index (χ0) is 18.1. The lowest BCUT2D eigenvalue weighted by molar-refractivity contribution is 0.0278. The van der Waals surface area contributed by atoms with Crippen LogP contribution in [0.1, 0.15) is 74.4 Å². The van der Waals surface area contributed by atoms with Crippen molar-refractivity contribution in [2.24, 2.45) is 0 Å². The second kappa shape index (κ2) is 9.96. The van der Waals surface area contributed by atoms with Crippen LogP contribution in [0.15, 0.2) is 18.2 Å². The van der Waals surface area contributed by atoms with Crippen molar-refractivity contribution in [1.29, 1.82) is 0 Å². The van der Waals surface area contributed by atoms with Gasteiger partial charge in [0, 0.05) is 0 Å². The van der Waals surface area contributed by atoms with Crippen LogP contribution in [-0.2, 0) is 15.9 Å². The fraction of sp³-hybridized carbons (Fsp3) is 0.579. The van der Waals surface area contributed by atoms with Crippen LogP contribution in [0, 0.1) is 0 Å². The SMILES string of the molecule is CCCCc1ccc(C(=O)O)c(C(C)CC(C)OC(=O)OCC)c1. The van der Waals surface area contributed by atoms with E-state index in [0.717, 1.165) is 30.4 Å². The summed E-state index contributed by atoms with van der Waals surface area (Å²) in [5.74, 6) is -0.972. The average Bonchev–Trinajstić information content (AvgIpc) is 2.52. The lowest BCUT2D eigenvalue weighted by Gasteiger charge is -2.20. The van der Waals surface area contributed by atoms with Crippen molar-refractivity contribution in [2.45, 2.75) is 65.4 Å². The molecule has 0 fully saturated rings. The number of aryl methyl sites for hydroxylation is 1. The van der Waals surface area contributed by atoms with Gasteiger partial charge in [0.25, 0.3) is 0 Å². The van der Waals surface area contributed by atoms with Crippen molar-refractivity contribution in [3.05, 3.63) is 34.9 Å². The highest BCUT2D eigenvalue weighted by Gasteiger charge is 2.20. The first-order chi connectivity index (χ1) is 11.4. The number of carbonyl (C=O) groups excluding carboxylic acids is 1. The quantitative estimate of drug-likeness (QED) is 0.657. The molecule has 0 aromatic heterocycles. The van der Waals surface area contributed by atoms with E-state index in [1.807, 2.05) is 19.1 Å². The first kappa shape index (κ1) is 20.0. The summed E-state index contributed by atoms with van der Waals surface area (Å²) in [4.78, 5) is 22.9. The highest BCUT2D eigenvalue weighted by atomic mass is 16.7. The van der Waals surface area contributed by atoms with Crippen molar-refractivity contribution in [3.63, 3.8) is 0 Å². The second-order valence-corrected chi connectivity index (χ2v) is 6.08. The molecule has 2 unspecified atom stereocenters. The van der Waals surface area contributed by atoms with Crippen LogP contribution in [0.3, 0.4) is 0 Å². The number of carbonyl (C=O) groups is 2. The van der Waals surface area contributed by atoms with Crippen LogP contribution in [0.5, 0.6) is 0 Å². The monoisotopic (exact) mass is 336 g/mol. The van der Waals surface area contributed by atoms with Gasteiger partial charge in [-0.1, -0.05) is 32.4 Å². The maximum Gasteiger partial charge on any atom is 0.508 e. The van der Waals surface area contributed by atoms with Crippen LogP contribution in [0.4, 0.5) is 4.79 Å². The van der Waals surface area contributed by atoms with Gasteiger partial charge >= 0.3 is 12.1 Å². The van der Waals surface area contributed by atoms with E-state index in [-0.39, 0.29) is 18.6 Å². The standard InChI is InChI=1S/C19H28O5/c1-5-7-8-15-9-10-16(18(20)21)17(12-15)13(3)11-14(4)24-19(22)23-6-2/h9-10,12-14H,5-8,11H2,1-4H3,(H,20,21). The average molecular weight is 336 g/mol. The largest absolute Gasteiger partial charge is 0.508 e. The Balaban J connectivity index is 2.87. The Hall–Kier alpha value is -2.04. The molecule has 0 amide bonds. The minimum atomic E-state index is -0.933. The third kappa shape index (κ3) is 6.22. The minimum absolute atomic E-state index is 0.0397. The Morgan fingerprint density at radius 3 is 2.50 bits per heavy atom. The van der Waals surface area contributed by atoms with E-state index in [4.69, 9.17) is 9.47 Å². The van der Waals surface area contributed by atoms with Gasteiger partial charge in [-0.2, -0.15) is 0 Å². The number of hydrogen-bond acceptors (Lipinski definition) is 4. The summed E-state index contributed by atoms with van der Waals surface area (Å²) >= 11 is 0. The molecule has 1 rings (SSSR count). The predicted molar refractivity (Wildman–Crippen MR) is 92.6 cm³/mol. The predicted octanol–water partition coefficient (Wildman–Crippen LogP) is 4.78. The van der Waals surface area contributed by atoms with Crippen molar-refractivity contribution in [3.8, 4) is 0 Å². The van der Waals surface area contributed by atoms with Crippen molar-refractivity contribution in [1.82, 2.24) is 0 Å². The molecule has 1 N–H and O–H groups in total. The van der Waals surface area contributed by atoms with Crippen molar-refractivity contribution in [2.75, 3.05) is 6.61 Å². The van der Waals surface area contributed by atoms with Crippen molar-refractivity contribution >= 4 is 12.1 Å². The number of rotatable bonds is 9. The number of ether oxygens (including phenoxy) is 2. The zero-order valence-electron chi connectivity index (χ0n) is 15.0. The van der Waals surface area contributed by atoms with E-state index in [1.54, 1.807) is 19.9 Å². The van der Waals surface area contributed by atoms with Gasteiger partial charge < -0.3 is 14.6 Å². The van der Waals surface area contributed by atoms with E-state index in [2.05, 4.69) is 6.92 Å². The lowest BCUT2D eigenvalue weighted by atomic mass is 9.89. The molecule has 0 aliphatic carbocycles. The van der Waals surface area contributed by atoms with E-state index >= 15 is 0 Å². The number of aromatic carboxylic acids is 1. The fourth-order valence-electron chi connectivity index (χ4n) is 2.74. The van der Waals surface area contributed by atoms with Gasteiger partial charge in [-0.15, -0.1) is 0 Å². The van der Waals surface area contributed by atoms with Gasteiger partial charge in [-0.3, -0.25) is 0 Å². The Kier molecular flexibility index (Phi) is 8.30. The summed E-state index contributed by atoms with van der Waals surface area (Å²) in [6, 6.07) is 5.53. The molecule has 0 aliphatic heterocycles. The molecule has 0 saturated carbocycles. The molecule has 134 valence electrons. The number of carboxylic acid groups (broad SMARTS) is 1. The Bertz CT molecular complexity index is 553. The molecule has 0 bridgehead atoms. The zero-order valence-corrected chi connectivity index (χ0v) is 15.0. The number of carboxylic acids is 1. The van der Waals surface area contributed by atoms with Crippen LogP contribution in [-0.4, -0.2) is 29.9 Å². The van der Waals surface area contributed by atoms with E-state index < -0.39 is 12.1 Å². The minimum Gasteiger partial charge on any atom is -0.478 e. The van der Waals surface area contributed by atoms with E-state index in [9.17, 15) is 14.7 Å². The van der Waals surface area contributed by atoms with Crippen LogP contribution in [0.25, 0.3) is 0 Å². The summed E-state index contributed by atoms with van der Waals surface area (Å²) in [5.41, 5.74) is 2.24. The van der Waals surface area contributed by atoms with Gasteiger partial charge in [0.1, 0.15) is 6.10 Å². The smallest absolute Gasteiger partial charge is 0.478 e. The maximum atomic E-state index is 11.5. The first-order valence-corrected chi connectivity index (χ1v) is 8.58. The van der Waals surface area contributed by atoms with Gasteiger partial charge in [-0.25, -0.2) is 9.59 Å². The van der Waals surface area contributed by atoms with Gasteiger partial charge in [-0.05, 0) is 56.2 Å². The van der Waals surface area contributed by atoms with Crippen LogP contribution >= 0.6 is 0 Å². The number of unbranched alkanes of at least 4 members (excludes halogenated alkanes) is 1. The molecule has 24 heavy (non-hydrogen) atoms. The highest BCUT2D eigenvalue weighted by Crippen LogP contribution is 2.27. The summed E-state index contributed by atoms with van der Waals surface area (Å²) in [6.45, 7) is 7.86. The lowest BCUT2D eigenvalue weighted by Crippen LogP contribution is -2.19. The highest BCUT2D eigenvalue weighted by molar-refractivity contribution is 5.89. The number of hydrogen-bond donors (Lipinski definition) is 1. The van der Waals surface area contributed by atoms with E-state index in [0.29, 0.717) is 12.0 Å². The molecule has 0 spiro atoms. The normalized spacial score (nSPS) is 13.2. The third-order valence-corrected chi connectivity index (χ3v) is 3.94. The van der Waals surface area contributed by atoms with Gasteiger partial charge in [0.05, 0.1) is 12.2 Å². The molecule has 0 aliphatic rings. The molecule has 5 nitrogen and oxygen atoms in total. The number of benzene rings is 1. The molecule has 0 saturated heterocycles. The summed E-state index contributed by atoms with van der Waals surface area (Å²) in [6.07, 6.45) is 2.60. The molecule has 0 heterocycles. The molecule has 1 aromatic carbocycles. The maximum absolute atomic E-state index is 11.5. The molecule has 1 aromatic rings. The second-order valence-electron chi connectivity index (χ2n) is 6.08. The Morgan fingerprint density at radius 1 is 1.21 bits per heavy atom. The third-order valence-electron chi connectivity index (χ3n) is 3.94. The van der Waals surface area contributed by atoms with Gasteiger partial charge in [0.2, 0.25) is 0 Å². The van der Waals surface area contributed by atoms with Gasteiger partial charge in [0.15, 0.2) is 0 Å². The summed E-state index contributed by atoms with van der Waals surface area (Å²) < 4.78 is 9.94. The van der Waals surface area contributed by atoms with Crippen LogP contribution < -0.4 is 0 Å². The first-order valence-electron chi connectivity index (χ1n) is 8.58. The Labute approximate surface area is 144 Å². The summed E-state index contributed by atoms with van der Waals surface area (Å²) in [5, 5.41) is 9.43. The van der Waals surface area contributed by atoms with Crippen LogP contribution in [0.2, 0.25) is 0 Å².